The Morgan fingerprint density at radius 3 is 2.89 bits per heavy atom. The highest BCUT2D eigenvalue weighted by molar-refractivity contribution is 7.10. The van der Waals surface area contributed by atoms with Crippen LogP contribution in [-0.4, -0.2) is 43.4 Å². The molecule has 1 N–H and O–H groups in total. The molecule has 0 bridgehead atoms. The molecule has 0 aliphatic rings. The van der Waals surface area contributed by atoms with E-state index < -0.39 is 0 Å². The Morgan fingerprint density at radius 1 is 1.47 bits per heavy atom. The fourth-order valence-corrected chi connectivity index (χ4v) is 2.76. The number of methoxy groups -OCH3 is 1. The molecule has 0 atom stereocenters. The Balaban J connectivity index is 2.69. The Bertz CT molecular complexity index is 417. The van der Waals surface area contributed by atoms with Crippen LogP contribution in [0.1, 0.15) is 24.3 Å². The number of aliphatic hydroxyl groups excluding tert-OH is 1. The fraction of sp³-hybridized carbons (Fsp3) is 0.600. The number of hydrogen-bond acceptors (Lipinski definition) is 4. The summed E-state index contributed by atoms with van der Waals surface area (Å²) in [6.07, 6.45) is 0. The van der Waals surface area contributed by atoms with Crippen molar-refractivity contribution < 1.29 is 9.84 Å². The summed E-state index contributed by atoms with van der Waals surface area (Å²) in [4.78, 5) is 3.65. The van der Waals surface area contributed by atoms with Crippen molar-refractivity contribution in [3.63, 3.8) is 0 Å². The van der Waals surface area contributed by atoms with Crippen LogP contribution in [0.3, 0.4) is 0 Å². The Labute approximate surface area is 120 Å². The van der Waals surface area contributed by atoms with Gasteiger partial charge in [-0.2, -0.15) is 0 Å². The summed E-state index contributed by atoms with van der Waals surface area (Å²) in [5, 5.41) is 10.8. The van der Waals surface area contributed by atoms with Gasteiger partial charge in [0, 0.05) is 37.2 Å². The predicted octanol–water partition coefficient (Wildman–Crippen LogP) is 2.20. The van der Waals surface area contributed by atoms with E-state index in [0.717, 1.165) is 31.8 Å². The molecule has 0 unspecified atom stereocenters. The van der Waals surface area contributed by atoms with Crippen LogP contribution in [0.15, 0.2) is 11.4 Å². The van der Waals surface area contributed by atoms with Crippen molar-refractivity contribution in [3.8, 4) is 11.8 Å². The number of rotatable bonds is 7. The third-order valence-electron chi connectivity index (χ3n) is 2.65. The maximum absolute atomic E-state index is 8.78. The van der Waals surface area contributed by atoms with Gasteiger partial charge in [0.15, 0.2) is 0 Å². The monoisotopic (exact) mass is 281 g/mol. The Morgan fingerprint density at radius 2 is 2.26 bits per heavy atom. The number of nitrogens with zero attached hydrogens (tertiary/aromatic N) is 1. The summed E-state index contributed by atoms with van der Waals surface area (Å²) in [6.45, 7) is 7.98. The quantitative estimate of drug-likeness (QED) is 0.778. The van der Waals surface area contributed by atoms with E-state index in [1.54, 1.807) is 18.4 Å². The minimum absolute atomic E-state index is 0.0886. The van der Waals surface area contributed by atoms with Crippen LogP contribution in [0, 0.1) is 17.8 Å². The van der Waals surface area contributed by atoms with Gasteiger partial charge in [0.05, 0.1) is 6.61 Å². The number of hydrogen-bond donors (Lipinski definition) is 1. The molecule has 0 spiro atoms. The van der Waals surface area contributed by atoms with E-state index in [2.05, 4.69) is 36.0 Å². The lowest BCUT2D eigenvalue weighted by molar-refractivity contribution is 0.136. The predicted molar refractivity (Wildman–Crippen MR) is 80.3 cm³/mol. The summed E-state index contributed by atoms with van der Waals surface area (Å²) in [5.74, 6) is 6.36. The van der Waals surface area contributed by atoms with E-state index in [-0.39, 0.29) is 6.61 Å². The first-order valence-corrected chi connectivity index (χ1v) is 7.42. The summed E-state index contributed by atoms with van der Waals surface area (Å²) in [6, 6.07) is 2.02. The molecule has 0 saturated carbocycles. The molecule has 4 heteroatoms. The van der Waals surface area contributed by atoms with Crippen molar-refractivity contribution in [2.45, 2.75) is 20.4 Å². The first-order chi connectivity index (χ1) is 9.17. The molecule has 0 saturated heterocycles. The highest BCUT2D eigenvalue weighted by Gasteiger charge is 2.11. The van der Waals surface area contributed by atoms with Crippen molar-refractivity contribution in [2.75, 3.05) is 33.4 Å². The van der Waals surface area contributed by atoms with Crippen molar-refractivity contribution >= 4 is 11.3 Å². The average molecular weight is 281 g/mol. The van der Waals surface area contributed by atoms with Crippen LogP contribution in [0.5, 0.6) is 0 Å². The fourth-order valence-electron chi connectivity index (χ4n) is 1.88. The molecule has 0 amide bonds. The molecule has 0 fully saturated rings. The van der Waals surface area contributed by atoms with Crippen LogP contribution < -0.4 is 0 Å². The molecule has 0 aromatic carbocycles. The summed E-state index contributed by atoms with van der Waals surface area (Å²) in [5.41, 5.74) is 1.03. The van der Waals surface area contributed by atoms with Gasteiger partial charge < -0.3 is 9.84 Å². The van der Waals surface area contributed by atoms with Gasteiger partial charge in [-0.15, -0.1) is 11.3 Å². The molecule has 0 radical (unpaired) electrons. The van der Waals surface area contributed by atoms with E-state index in [4.69, 9.17) is 9.84 Å². The molecule has 0 aliphatic heterocycles. The first-order valence-electron chi connectivity index (χ1n) is 6.54. The van der Waals surface area contributed by atoms with Gasteiger partial charge in [-0.1, -0.05) is 25.7 Å². The van der Waals surface area contributed by atoms with Crippen LogP contribution in [0.4, 0.5) is 0 Å². The smallest absolute Gasteiger partial charge is 0.104 e. The SMILES string of the molecule is COCCN(Cc1sccc1C#CCO)CC(C)C. The minimum Gasteiger partial charge on any atom is -0.384 e. The molecule has 1 aromatic rings. The number of aliphatic hydroxyl groups is 1. The standard InChI is InChI=1S/C15H23NO2S/c1-13(2)11-16(7-9-18-3)12-15-14(5-4-8-17)6-10-19-15/h6,10,13,17H,7-9,11-12H2,1-3H3. The zero-order valence-electron chi connectivity index (χ0n) is 12.0. The van der Waals surface area contributed by atoms with Gasteiger partial charge >= 0.3 is 0 Å². The van der Waals surface area contributed by atoms with Gasteiger partial charge in [0.2, 0.25) is 0 Å². The second-order valence-corrected chi connectivity index (χ2v) is 5.84. The Hall–Kier alpha value is -0.860. The Kier molecular flexibility index (Phi) is 7.76. The molecule has 0 aliphatic carbocycles. The second-order valence-electron chi connectivity index (χ2n) is 4.84. The van der Waals surface area contributed by atoms with E-state index in [1.807, 2.05) is 6.07 Å². The van der Waals surface area contributed by atoms with Crippen LogP contribution in [0.2, 0.25) is 0 Å². The van der Waals surface area contributed by atoms with Gasteiger partial charge in [0.25, 0.3) is 0 Å². The number of thiophene rings is 1. The minimum atomic E-state index is -0.0886. The lowest BCUT2D eigenvalue weighted by Crippen LogP contribution is -2.30. The normalized spacial score (nSPS) is 10.8. The second kappa shape index (κ2) is 9.11. The molecular formula is C15H23NO2S. The molecule has 1 rings (SSSR count). The van der Waals surface area contributed by atoms with Gasteiger partial charge in [-0.25, -0.2) is 0 Å². The lowest BCUT2D eigenvalue weighted by Gasteiger charge is -2.23. The largest absolute Gasteiger partial charge is 0.384 e. The molecule has 1 aromatic heterocycles. The van der Waals surface area contributed by atoms with Crippen LogP contribution >= 0.6 is 11.3 Å². The van der Waals surface area contributed by atoms with Crippen molar-refractivity contribution in [3.05, 3.63) is 21.9 Å². The van der Waals surface area contributed by atoms with E-state index in [9.17, 15) is 0 Å². The topological polar surface area (TPSA) is 32.7 Å². The molecule has 1 heterocycles. The molecule has 106 valence electrons. The van der Waals surface area contributed by atoms with Crippen molar-refractivity contribution in [1.29, 1.82) is 0 Å². The summed E-state index contributed by atoms with van der Waals surface area (Å²) < 4.78 is 5.17. The third-order valence-corrected chi connectivity index (χ3v) is 3.56. The lowest BCUT2D eigenvalue weighted by atomic mass is 10.2. The van der Waals surface area contributed by atoms with E-state index >= 15 is 0 Å². The third kappa shape index (κ3) is 6.22. The van der Waals surface area contributed by atoms with Gasteiger partial charge in [0.1, 0.15) is 6.61 Å². The highest BCUT2D eigenvalue weighted by atomic mass is 32.1. The first kappa shape index (κ1) is 16.2. The summed E-state index contributed by atoms with van der Waals surface area (Å²) >= 11 is 1.72. The van der Waals surface area contributed by atoms with Gasteiger partial charge in [-0.3, -0.25) is 4.90 Å². The van der Waals surface area contributed by atoms with Crippen LogP contribution in [0.25, 0.3) is 0 Å². The maximum atomic E-state index is 8.78. The zero-order valence-corrected chi connectivity index (χ0v) is 12.8. The molecule has 19 heavy (non-hydrogen) atoms. The van der Waals surface area contributed by atoms with E-state index in [0.29, 0.717) is 5.92 Å². The zero-order chi connectivity index (χ0) is 14.1. The van der Waals surface area contributed by atoms with E-state index in [1.165, 1.54) is 4.88 Å². The summed E-state index contributed by atoms with van der Waals surface area (Å²) in [7, 11) is 1.73. The highest BCUT2D eigenvalue weighted by Crippen LogP contribution is 2.18. The van der Waals surface area contributed by atoms with Crippen molar-refractivity contribution in [1.82, 2.24) is 4.90 Å². The van der Waals surface area contributed by atoms with Gasteiger partial charge in [-0.05, 0) is 17.4 Å². The average Bonchev–Trinajstić information content (AvgIpc) is 2.80. The number of ether oxygens (including phenoxy) is 1. The van der Waals surface area contributed by atoms with Crippen molar-refractivity contribution in [2.24, 2.45) is 5.92 Å². The maximum Gasteiger partial charge on any atom is 0.104 e. The molecule has 3 nitrogen and oxygen atoms in total. The molecular weight excluding hydrogens is 258 g/mol. The van der Waals surface area contributed by atoms with Crippen LogP contribution in [-0.2, 0) is 11.3 Å².